The Morgan fingerprint density at radius 1 is 1.25 bits per heavy atom. The number of benzene rings is 2. The number of carbonyl (C=O) groups excluding carboxylic acids is 1. The van der Waals surface area contributed by atoms with Crippen LogP contribution in [0.2, 0.25) is 5.02 Å². The molecule has 0 atom stereocenters. The third-order valence-corrected chi connectivity index (χ3v) is 4.02. The molecule has 0 aliphatic carbocycles. The topological polar surface area (TPSA) is 39.2 Å². The number of hydrogen-bond acceptors (Lipinski definition) is 4. The molecule has 0 N–H and O–H groups in total. The van der Waals surface area contributed by atoms with Crippen molar-refractivity contribution in [3.63, 3.8) is 0 Å². The fourth-order valence-corrected chi connectivity index (χ4v) is 3.06. The number of halogens is 1. The van der Waals surface area contributed by atoms with Crippen molar-refractivity contribution in [2.75, 3.05) is 0 Å². The van der Waals surface area contributed by atoms with Gasteiger partial charge >= 0.3 is 5.97 Å². The standard InChI is InChI=1S/C15H10ClNO2S/c1-9(18)19-13-7-6-10(16)8-11(13)15-17-12-4-2-3-5-14(12)20-15/h2-8H,1H3. The second-order valence-corrected chi connectivity index (χ2v) is 5.69. The van der Waals surface area contributed by atoms with Gasteiger partial charge in [-0.25, -0.2) is 4.98 Å². The predicted octanol–water partition coefficient (Wildman–Crippen LogP) is 4.54. The molecule has 0 saturated carbocycles. The number of carbonyl (C=O) groups is 1. The first kappa shape index (κ1) is 13.1. The van der Waals surface area contributed by atoms with Crippen LogP contribution in [-0.4, -0.2) is 11.0 Å². The monoisotopic (exact) mass is 303 g/mol. The Morgan fingerprint density at radius 3 is 2.80 bits per heavy atom. The third-order valence-electron chi connectivity index (χ3n) is 2.72. The highest BCUT2D eigenvalue weighted by atomic mass is 35.5. The number of esters is 1. The average molecular weight is 304 g/mol. The van der Waals surface area contributed by atoms with Crippen molar-refractivity contribution in [2.45, 2.75) is 6.92 Å². The summed E-state index contributed by atoms with van der Waals surface area (Å²) in [5.74, 6) is 0.107. The lowest BCUT2D eigenvalue weighted by Gasteiger charge is -2.06. The zero-order chi connectivity index (χ0) is 14.1. The Balaban J connectivity index is 2.16. The van der Waals surface area contributed by atoms with Crippen molar-refractivity contribution in [3.05, 3.63) is 47.5 Å². The number of nitrogens with zero attached hydrogens (tertiary/aromatic N) is 1. The lowest BCUT2D eigenvalue weighted by Crippen LogP contribution is -2.02. The number of aromatic nitrogens is 1. The second-order valence-electron chi connectivity index (χ2n) is 4.22. The number of hydrogen-bond donors (Lipinski definition) is 0. The van der Waals surface area contributed by atoms with Crippen molar-refractivity contribution in [1.29, 1.82) is 0 Å². The van der Waals surface area contributed by atoms with Crippen LogP contribution in [0.5, 0.6) is 5.75 Å². The Hall–Kier alpha value is -1.91. The summed E-state index contributed by atoms with van der Waals surface area (Å²) >= 11 is 7.58. The van der Waals surface area contributed by atoms with Crippen LogP contribution in [0.1, 0.15) is 6.92 Å². The van der Waals surface area contributed by atoms with Gasteiger partial charge < -0.3 is 4.74 Å². The van der Waals surface area contributed by atoms with Gasteiger partial charge in [0.15, 0.2) is 0 Å². The summed E-state index contributed by atoms with van der Waals surface area (Å²) in [6.45, 7) is 1.37. The number of fused-ring (bicyclic) bond motifs is 1. The van der Waals surface area contributed by atoms with Gasteiger partial charge in [-0.1, -0.05) is 23.7 Å². The Bertz CT molecular complexity index is 764. The average Bonchev–Trinajstić information content (AvgIpc) is 2.84. The van der Waals surface area contributed by atoms with E-state index in [-0.39, 0.29) is 5.97 Å². The van der Waals surface area contributed by atoms with Gasteiger partial charge in [0.25, 0.3) is 0 Å². The van der Waals surface area contributed by atoms with Crippen molar-refractivity contribution < 1.29 is 9.53 Å². The van der Waals surface area contributed by atoms with Crippen LogP contribution >= 0.6 is 22.9 Å². The van der Waals surface area contributed by atoms with Crippen molar-refractivity contribution in [3.8, 4) is 16.3 Å². The maximum Gasteiger partial charge on any atom is 0.308 e. The maximum absolute atomic E-state index is 11.2. The van der Waals surface area contributed by atoms with Crippen molar-refractivity contribution in [1.82, 2.24) is 4.98 Å². The van der Waals surface area contributed by atoms with Crippen LogP contribution in [0.15, 0.2) is 42.5 Å². The summed E-state index contributed by atoms with van der Waals surface area (Å²) < 4.78 is 6.30. The van der Waals surface area contributed by atoms with E-state index in [0.29, 0.717) is 10.8 Å². The lowest BCUT2D eigenvalue weighted by atomic mass is 10.2. The summed E-state index contributed by atoms with van der Waals surface area (Å²) in [6, 6.07) is 13.0. The molecule has 0 radical (unpaired) electrons. The third kappa shape index (κ3) is 2.53. The van der Waals surface area contributed by atoms with Crippen LogP contribution in [0.25, 0.3) is 20.8 Å². The van der Waals surface area contributed by atoms with E-state index in [2.05, 4.69) is 4.98 Å². The predicted molar refractivity (Wildman–Crippen MR) is 81.4 cm³/mol. The maximum atomic E-state index is 11.2. The largest absolute Gasteiger partial charge is 0.426 e. The minimum Gasteiger partial charge on any atom is -0.426 e. The molecule has 0 unspecified atom stereocenters. The molecule has 0 amide bonds. The van der Waals surface area contributed by atoms with E-state index in [0.717, 1.165) is 20.8 Å². The first-order chi connectivity index (χ1) is 9.63. The summed E-state index contributed by atoms with van der Waals surface area (Å²) in [5, 5.41) is 1.36. The van der Waals surface area contributed by atoms with E-state index in [1.54, 1.807) is 18.2 Å². The first-order valence-electron chi connectivity index (χ1n) is 5.97. The molecule has 0 bridgehead atoms. The van der Waals surface area contributed by atoms with E-state index in [1.165, 1.54) is 18.3 Å². The Labute approximate surface area is 124 Å². The molecule has 3 rings (SSSR count). The molecule has 0 spiro atoms. The summed E-state index contributed by atoms with van der Waals surface area (Å²) in [5.41, 5.74) is 1.65. The van der Waals surface area contributed by atoms with Gasteiger partial charge in [0.1, 0.15) is 10.8 Å². The highest BCUT2D eigenvalue weighted by molar-refractivity contribution is 7.21. The van der Waals surface area contributed by atoms with Gasteiger partial charge in [-0.15, -0.1) is 11.3 Å². The molecule has 3 nitrogen and oxygen atoms in total. The van der Waals surface area contributed by atoms with Crippen LogP contribution in [-0.2, 0) is 4.79 Å². The van der Waals surface area contributed by atoms with Crippen molar-refractivity contribution >= 4 is 39.1 Å². The van der Waals surface area contributed by atoms with E-state index in [4.69, 9.17) is 16.3 Å². The number of rotatable bonds is 2. The number of thiazole rings is 1. The summed E-state index contributed by atoms with van der Waals surface area (Å²) in [7, 11) is 0. The van der Waals surface area contributed by atoms with Crippen molar-refractivity contribution in [2.24, 2.45) is 0 Å². The van der Waals surface area contributed by atoms with E-state index in [1.807, 2.05) is 24.3 Å². The smallest absolute Gasteiger partial charge is 0.308 e. The molecule has 20 heavy (non-hydrogen) atoms. The fourth-order valence-electron chi connectivity index (χ4n) is 1.90. The highest BCUT2D eigenvalue weighted by Gasteiger charge is 2.13. The zero-order valence-corrected chi connectivity index (χ0v) is 12.2. The van der Waals surface area contributed by atoms with Crippen LogP contribution in [0.4, 0.5) is 0 Å². The molecular weight excluding hydrogens is 294 g/mol. The highest BCUT2D eigenvalue weighted by Crippen LogP contribution is 2.37. The number of para-hydroxylation sites is 1. The van der Waals surface area contributed by atoms with Crippen LogP contribution in [0, 0.1) is 0 Å². The molecular formula is C15H10ClNO2S. The quantitative estimate of drug-likeness (QED) is 0.515. The van der Waals surface area contributed by atoms with Gasteiger partial charge in [-0.2, -0.15) is 0 Å². The van der Waals surface area contributed by atoms with Crippen LogP contribution in [0.3, 0.4) is 0 Å². The van der Waals surface area contributed by atoms with E-state index >= 15 is 0 Å². The zero-order valence-electron chi connectivity index (χ0n) is 10.6. The molecule has 5 heteroatoms. The molecule has 0 saturated heterocycles. The Kier molecular flexibility index (Phi) is 3.42. The van der Waals surface area contributed by atoms with Gasteiger partial charge in [0.2, 0.25) is 0 Å². The molecule has 0 fully saturated rings. The van der Waals surface area contributed by atoms with Gasteiger partial charge in [0.05, 0.1) is 15.8 Å². The number of ether oxygens (including phenoxy) is 1. The molecule has 0 aliphatic heterocycles. The normalized spacial score (nSPS) is 10.7. The molecule has 3 aromatic rings. The molecule has 0 aliphatic rings. The second kappa shape index (κ2) is 5.23. The SMILES string of the molecule is CC(=O)Oc1ccc(Cl)cc1-c1nc2ccccc2s1. The molecule has 1 aromatic heterocycles. The van der Waals surface area contributed by atoms with E-state index in [9.17, 15) is 4.79 Å². The fraction of sp³-hybridized carbons (Fsp3) is 0.0667. The van der Waals surface area contributed by atoms with E-state index < -0.39 is 0 Å². The molecule has 2 aromatic carbocycles. The first-order valence-corrected chi connectivity index (χ1v) is 7.17. The van der Waals surface area contributed by atoms with Gasteiger partial charge in [-0.3, -0.25) is 4.79 Å². The minimum atomic E-state index is -0.366. The molecule has 100 valence electrons. The lowest BCUT2D eigenvalue weighted by molar-refractivity contribution is -0.131. The van der Waals surface area contributed by atoms with Gasteiger partial charge in [0, 0.05) is 11.9 Å². The molecule has 1 heterocycles. The Morgan fingerprint density at radius 2 is 2.05 bits per heavy atom. The van der Waals surface area contributed by atoms with Gasteiger partial charge in [-0.05, 0) is 30.3 Å². The van der Waals surface area contributed by atoms with Crippen LogP contribution < -0.4 is 4.74 Å². The summed E-state index contributed by atoms with van der Waals surface area (Å²) in [6.07, 6.45) is 0. The minimum absolute atomic E-state index is 0.366. The summed E-state index contributed by atoms with van der Waals surface area (Å²) in [4.78, 5) is 15.7.